The molecule has 7 nitrogen and oxygen atoms in total. The highest BCUT2D eigenvalue weighted by atomic mass is 32.2. The van der Waals surface area contributed by atoms with Gasteiger partial charge in [0.15, 0.2) is 0 Å². The maximum absolute atomic E-state index is 14.0. The number of hydrogen-bond acceptors (Lipinski definition) is 5. The summed E-state index contributed by atoms with van der Waals surface area (Å²) >= 11 is 0. The van der Waals surface area contributed by atoms with E-state index in [1.807, 2.05) is 6.92 Å². The number of rotatable bonds is 10. The Balaban J connectivity index is 1.72. The smallest absolute Gasteiger partial charge is 0.449 e. The Labute approximate surface area is 254 Å². The normalized spacial score (nSPS) is 12.5. The van der Waals surface area contributed by atoms with Crippen LogP contribution in [0.2, 0.25) is 0 Å². The molecule has 0 fully saturated rings. The zero-order chi connectivity index (χ0) is 32.6. The number of nitrogens with zero attached hydrogens (tertiary/aromatic N) is 1. The number of aryl methyl sites for hydroxylation is 3. The Morgan fingerprint density at radius 2 is 1.48 bits per heavy atom. The number of ether oxygens (including phenoxy) is 1. The zero-order valence-electron chi connectivity index (χ0n) is 25.2. The van der Waals surface area contributed by atoms with Crippen molar-refractivity contribution in [3.8, 4) is 16.9 Å². The third-order valence-corrected chi connectivity index (χ3v) is 9.63. The summed E-state index contributed by atoms with van der Waals surface area (Å²) in [5.41, 5.74) is 3.27. The van der Waals surface area contributed by atoms with Crippen LogP contribution in [0, 0.1) is 20.8 Å². The average molecular weight is 630 g/mol. The van der Waals surface area contributed by atoms with E-state index in [9.17, 15) is 31.5 Å². The van der Waals surface area contributed by atoms with Crippen molar-refractivity contribution >= 4 is 16.0 Å². The molecule has 0 atom stereocenters. The van der Waals surface area contributed by atoms with Crippen LogP contribution < -0.4 is 4.74 Å². The van der Waals surface area contributed by atoms with E-state index in [-0.39, 0.29) is 17.2 Å². The number of methoxy groups -OCH3 is 1. The summed E-state index contributed by atoms with van der Waals surface area (Å²) < 4.78 is 79.2. The molecule has 0 aliphatic carbocycles. The minimum Gasteiger partial charge on any atom is -0.496 e. The molecule has 0 saturated carbocycles. The summed E-state index contributed by atoms with van der Waals surface area (Å²) in [5, 5.41) is 9.77. The summed E-state index contributed by atoms with van der Waals surface area (Å²) in [5.74, 6) is -1.93. The Bertz CT molecular complexity index is 1770. The number of furan rings is 1. The fraction of sp³-hybridized carbons (Fsp3) is 0.303. The third kappa shape index (κ3) is 6.68. The highest BCUT2D eigenvalue weighted by Gasteiger charge is 2.36. The summed E-state index contributed by atoms with van der Waals surface area (Å²) in [6.07, 6.45) is -4.71. The van der Waals surface area contributed by atoms with Gasteiger partial charge in [-0.15, -0.1) is 0 Å². The lowest BCUT2D eigenvalue weighted by atomic mass is 9.82. The molecule has 0 aliphatic heterocycles. The quantitative estimate of drug-likeness (QED) is 0.194. The molecule has 4 rings (SSSR count). The van der Waals surface area contributed by atoms with Gasteiger partial charge in [-0.05, 0) is 86.7 Å². The van der Waals surface area contributed by atoms with E-state index >= 15 is 0 Å². The van der Waals surface area contributed by atoms with Gasteiger partial charge in [0.1, 0.15) is 11.5 Å². The first-order valence-electron chi connectivity index (χ1n) is 13.7. The number of benzene rings is 3. The maximum Gasteiger partial charge on any atom is 0.449 e. The topological polar surface area (TPSA) is 97.0 Å². The van der Waals surface area contributed by atoms with Gasteiger partial charge in [0.2, 0.25) is 15.8 Å². The van der Waals surface area contributed by atoms with Crippen molar-refractivity contribution in [2.24, 2.45) is 0 Å². The van der Waals surface area contributed by atoms with Gasteiger partial charge >= 0.3 is 12.1 Å². The van der Waals surface area contributed by atoms with E-state index in [1.54, 1.807) is 82.3 Å². The van der Waals surface area contributed by atoms with Crippen LogP contribution in [0.25, 0.3) is 11.1 Å². The predicted molar refractivity (Wildman–Crippen MR) is 160 cm³/mol. The van der Waals surface area contributed by atoms with Gasteiger partial charge in [0, 0.05) is 12.1 Å². The minimum atomic E-state index is -4.71. The molecular weight excluding hydrogens is 595 g/mol. The molecule has 0 radical (unpaired) electrons. The molecule has 4 aromatic rings. The summed E-state index contributed by atoms with van der Waals surface area (Å²) in [6.45, 7) is 7.83. The molecule has 0 spiro atoms. The fourth-order valence-corrected chi connectivity index (χ4v) is 7.02. The van der Waals surface area contributed by atoms with E-state index in [0.29, 0.717) is 28.0 Å². The fourth-order valence-electron chi connectivity index (χ4n) is 5.22. The molecule has 0 saturated heterocycles. The maximum atomic E-state index is 14.0. The largest absolute Gasteiger partial charge is 0.496 e. The van der Waals surface area contributed by atoms with Gasteiger partial charge < -0.3 is 14.3 Å². The predicted octanol–water partition coefficient (Wildman–Crippen LogP) is 7.65. The van der Waals surface area contributed by atoms with Crippen LogP contribution in [-0.4, -0.2) is 30.9 Å². The highest BCUT2D eigenvalue weighted by molar-refractivity contribution is 7.89. The monoisotopic (exact) mass is 629 g/mol. The van der Waals surface area contributed by atoms with Gasteiger partial charge in [0.05, 0.1) is 24.0 Å². The van der Waals surface area contributed by atoms with Gasteiger partial charge in [-0.25, -0.2) is 8.42 Å². The number of carbonyl (C=O) groups is 1. The van der Waals surface area contributed by atoms with Crippen molar-refractivity contribution < 1.29 is 40.6 Å². The van der Waals surface area contributed by atoms with Gasteiger partial charge in [-0.2, -0.15) is 17.5 Å². The molecule has 44 heavy (non-hydrogen) atoms. The Kier molecular flexibility index (Phi) is 9.04. The van der Waals surface area contributed by atoms with Crippen molar-refractivity contribution in [3.05, 3.63) is 106 Å². The van der Waals surface area contributed by atoms with Crippen LogP contribution in [0.3, 0.4) is 0 Å². The third-order valence-electron chi connectivity index (χ3n) is 7.53. The molecule has 1 heterocycles. The second-order valence-corrected chi connectivity index (χ2v) is 13.2. The first-order chi connectivity index (χ1) is 20.4. The van der Waals surface area contributed by atoms with E-state index in [2.05, 4.69) is 0 Å². The summed E-state index contributed by atoms with van der Waals surface area (Å²) in [6, 6.07) is 17.6. The minimum absolute atomic E-state index is 0.0918. The SMILES string of the molecule is COc1ccc(-c2ccc(CN(Cc3ccc(C(F)(F)F)o3)S(=O)(=O)c3c(C)cc(C)cc3C)cc2)cc1C(C)(C)C(=O)O. The standard InChI is InChI=1S/C33H34F3NO6S/c1-20-15-21(2)30(22(3)16-20)44(40,41)37(19-26-12-14-29(43-26)33(34,35)36)18-23-7-9-24(10-8-23)25-11-13-28(42-6)27(17-25)32(4,5)31(38)39/h7-17H,18-19H2,1-6H3,(H,38,39). The average Bonchev–Trinajstić information content (AvgIpc) is 3.41. The molecule has 0 unspecified atom stereocenters. The lowest BCUT2D eigenvalue weighted by Gasteiger charge is -2.24. The second-order valence-electron chi connectivity index (χ2n) is 11.3. The zero-order valence-corrected chi connectivity index (χ0v) is 26.1. The number of carboxylic acid groups (broad SMARTS) is 1. The molecule has 1 N–H and O–H groups in total. The van der Waals surface area contributed by atoms with Crippen LogP contribution in [0.4, 0.5) is 13.2 Å². The molecule has 0 amide bonds. The molecule has 11 heteroatoms. The summed E-state index contributed by atoms with van der Waals surface area (Å²) in [4.78, 5) is 12.0. The second kappa shape index (κ2) is 12.1. The first-order valence-corrected chi connectivity index (χ1v) is 15.1. The molecule has 0 bridgehead atoms. The molecule has 234 valence electrons. The Hall–Kier alpha value is -4.09. The molecule has 3 aromatic carbocycles. The first kappa shape index (κ1) is 32.8. The van der Waals surface area contributed by atoms with Crippen LogP contribution >= 0.6 is 0 Å². The lowest BCUT2D eigenvalue weighted by Crippen LogP contribution is -2.31. The van der Waals surface area contributed by atoms with Crippen LogP contribution in [0.1, 0.15) is 53.2 Å². The Morgan fingerprint density at radius 3 is 2.00 bits per heavy atom. The molecular formula is C33H34F3NO6S. The number of hydrogen-bond donors (Lipinski definition) is 1. The number of alkyl halides is 3. The van der Waals surface area contributed by atoms with Crippen LogP contribution in [-0.2, 0) is 39.5 Å². The van der Waals surface area contributed by atoms with Crippen molar-refractivity contribution in [1.82, 2.24) is 4.31 Å². The van der Waals surface area contributed by atoms with Crippen molar-refractivity contribution in [3.63, 3.8) is 0 Å². The highest BCUT2D eigenvalue weighted by Crippen LogP contribution is 2.36. The van der Waals surface area contributed by atoms with E-state index in [1.165, 1.54) is 7.11 Å². The summed E-state index contributed by atoms with van der Waals surface area (Å²) in [7, 11) is -2.71. The van der Waals surface area contributed by atoms with Gasteiger partial charge in [-0.3, -0.25) is 4.79 Å². The van der Waals surface area contributed by atoms with Crippen LogP contribution in [0.15, 0.2) is 76.0 Å². The number of sulfonamides is 1. The van der Waals surface area contributed by atoms with E-state index < -0.39 is 39.9 Å². The number of aliphatic carboxylic acids is 1. The van der Waals surface area contributed by atoms with Crippen molar-refractivity contribution in [2.75, 3.05) is 7.11 Å². The number of carboxylic acids is 1. The Morgan fingerprint density at radius 1 is 0.886 bits per heavy atom. The van der Waals surface area contributed by atoms with Crippen molar-refractivity contribution in [1.29, 1.82) is 0 Å². The van der Waals surface area contributed by atoms with Crippen molar-refractivity contribution in [2.45, 2.75) is 64.2 Å². The molecule has 1 aromatic heterocycles. The van der Waals surface area contributed by atoms with E-state index in [0.717, 1.165) is 33.1 Å². The van der Waals surface area contributed by atoms with E-state index in [4.69, 9.17) is 9.15 Å². The number of halogens is 3. The van der Waals surface area contributed by atoms with Gasteiger partial charge in [0.25, 0.3) is 0 Å². The van der Waals surface area contributed by atoms with Gasteiger partial charge in [-0.1, -0.05) is 48.0 Å². The molecule has 0 aliphatic rings. The van der Waals surface area contributed by atoms with Crippen LogP contribution in [0.5, 0.6) is 5.75 Å². The lowest BCUT2D eigenvalue weighted by molar-refractivity contribution is -0.153.